The molecule has 1 aromatic rings. The molecule has 1 aliphatic rings. The van der Waals surface area contributed by atoms with Crippen molar-refractivity contribution in [2.45, 2.75) is 26.8 Å². The molecule has 0 amide bonds. The number of hydrogen-bond donors (Lipinski definition) is 1. The monoisotopic (exact) mass is 283 g/mol. The fourth-order valence-corrected chi connectivity index (χ4v) is 3.73. The second-order valence-electron chi connectivity index (χ2n) is 5.39. The van der Waals surface area contributed by atoms with Crippen LogP contribution in [0.2, 0.25) is 0 Å². The number of methoxy groups -OCH3 is 1. The van der Waals surface area contributed by atoms with Crippen LogP contribution in [0.15, 0.2) is 18.2 Å². The van der Waals surface area contributed by atoms with Crippen molar-refractivity contribution in [2.24, 2.45) is 11.8 Å². The lowest BCUT2D eigenvalue weighted by molar-refractivity contribution is 0.409. The topological polar surface area (TPSA) is 55.4 Å². The Balaban J connectivity index is 1.99. The van der Waals surface area contributed by atoms with Crippen LogP contribution in [0.3, 0.4) is 0 Å². The molecule has 2 atom stereocenters. The van der Waals surface area contributed by atoms with Crippen LogP contribution >= 0.6 is 0 Å². The van der Waals surface area contributed by atoms with E-state index in [1.807, 2.05) is 25.1 Å². The molecule has 0 bridgehead atoms. The zero-order chi connectivity index (χ0) is 14.0. The van der Waals surface area contributed by atoms with E-state index in [9.17, 15) is 8.42 Å². The van der Waals surface area contributed by atoms with E-state index < -0.39 is 10.0 Å². The fourth-order valence-electron chi connectivity index (χ4n) is 2.21. The maximum absolute atomic E-state index is 11.9. The molecule has 0 radical (unpaired) electrons. The summed E-state index contributed by atoms with van der Waals surface area (Å²) in [7, 11) is -1.60. The van der Waals surface area contributed by atoms with Crippen molar-refractivity contribution >= 4 is 10.0 Å². The standard InChI is InChI=1S/C14H21NO3S/c1-10-4-5-14(18-3)12(6-10)8-15-19(16,17)9-13-7-11(13)2/h4-6,11,13,15H,7-9H2,1-3H3. The predicted molar refractivity (Wildman–Crippen MR) is 75.6 cm³/mol. The van der Waals surface area contributed by atoms with Gasteiger partial charge in [0.25, 0.3) is 0 Å². The van der Waals surface area contributed by atoms with Gasteiger partial charge in [0.1, 0.15) is 5.75 Å². The Morgan fingerprint density at radius 1 is 1.42 bits per heavy atom. The van der Waals surface area contributed by atoms with E-state index in [-0.39, 0.29) is 12.3 Å². The lowest BCUT2D eigenvalue weighted by Gasteiger charge is -2.11. The highest BCUT2D eigenvalue weighted by Gasteiger charge is 2.36. The van der Waals surface area contributed by atoms with E-state index >= 15 is 0 Å². The second kappa shape index (κ2) is 5.51. The van der Waals surface area contributed by atoms with Crippen LogP contribution in [0, 0.1) is 18.8 Å². The molecule has 1 saturated carbocycles. The van der Waals surface area contributed by atoms with Gasteiger partial charge in [-0.2, -0.15) is 0 Å². The number of aryl methyl sites for hydroxylation is 1. The van der Waals surface area contributed by atoms with E-state index in [0.717, 1.165) is 17.5 Å². The molecule has 5 heteroatoms. The minimum atomic E-state index is -3.19. The van der Waals surface area contributed by atoms with Crippen molar-refractivity contribution in [1.82, 2.24) is 4.72 Å². The lowest BCUT2D eigenvalue weighted by atomic mass is 10.1. The molecule has 1 aliphatic carbocycles. The Bertz CT molecular complexity index is 554. The van der Waals surface area contributed by atoms with Crippen LogP contribution in [-0.4, -0.2) is 21.3 Å². The number of rotatable bonds is 6. The van der Waals surface area contributed by atoms with Crippen LogP contribution in [0.4, 0.5) is 0 Å². The minimum Gasteiger partial charge on any atom is -0.496 e. The molecule has 19 heavy (non-hydrogen) atoms. The number of benzene rings is 1. The molecule has 4 nitrogen and oxygen atoms in total. The highest BCUT2D eigenvalue weighted by atomic mass is 32.2. The van der Waals surface area contributed by atoms with Crippen molar-refractivity contribution in [1.29, 1.82) is 0 Å². The average molecular weight is 283 g/mol. The van der Waals surface area contributed by atoms with E-state index in [2.05, 4.69) is 11.6 Å². The second-order valence-corrected chi connectivity index (χ2v) is 7.24. The maximum atomic E-state index is 11.9. The summed E-state index contributed by atoms with van der Waals surface area (Å²) in [6.45, 7) is 4.35. The molecule has 1 N–H and O–H groups in total. The SMILES string of the molecule is COc1ccc(C)cc1CNS(=O)(=O)CC1CC1C. The van der Waals surface area contributed by atoms with Crippen LogP contribution in [0.5, 0.6) is 5.75 Å². The van der Waals surface area contributed by atoms with Gasteiger partial charge in [-0.3, -0.25) is 0 Å². The van der Waals surface area contributed by atoms with Gasteiger partial charge in [0.2, 0.25) is 10.0 Å². The van der Waals surface area contributed by atoms with Gasteiger partial charge < -0.3 is 4.74 Å². The van der Waals surface area contributed by atoms with Gasteiger partial charge in [0.15, 0.2) is 0 Å². The van der Waals surface area contributed by atoms with Crippen molar-refractivity contribution in [3.8, 4) is 5.75 Å². The van der Waals surface area contributed by atoms with Crippen LogP contribution in [-0.2, 0) is 16.6 Å². The Morgan fingerprint density at radius 2 is 2.11 bits per heavy atom. The van der Waals surface area contributed by atoms with Gasteiger partial charge in [-0.1, -0.05) is 24.6 Å². The maximum Gasteiger partial charge on any atom is 0.212 e. The third-order valence-corrected chi connectivity index (χ3v) is 5.08. The fraction of sp³-hybridized carbons (Fsp3) is 0.571. The molecule has 2 rings (SSSR count). The molecule has 2 unspecified atom stereocenters. The summed E-state index contributed by atoms with van der Waals surface area (Å²) in [6.07, 6.45) is 1.02. The van der Waals surface area contributed by atoms with E-state index in [1.165, 1.54) is 0 Å². The quantitative estimate of drug-likeness (QED) is 0.869. The summed E-state index contributed by atoms with van der Waals surface area (Å²) in [5.41, 5.74) is 1.96. The molecule has 106 valence electrons. The molecule has 0 aliphatic heterocycles. The molecule has 1 fully saturated rings. The number of ether oxygens (including phenoxy) is 1. The zero-order valence-electron chi connectivity index (χ0n) is 11.6. The molecular weight excluding hydrogens is 262 g/mol. The highest BCUT2D eigenvalue weighted by molar-refractivity contribution is 7.89. The number of sulfonamides is 1. The van der Waals surface area contributed by atoms with Crippen molar-refractivity contribution < 1.29 is 13.2 Å². The molecule has 0 spiro atoms. The smallest absolute Gasteiger partial charge is 0.212 e. The normalized spacial score (nSPS) is 22.3. The first-order valence-corrected chi connectivity index (χ1v) is 8.17. The molecule has 0 aromatic heterocycles. The summed E-state index contributed by atoms with van der Waals surface area (Å²) in [5.74, 6) is 1.83. The number of nitrogens with one attached hydrogen (secondary N) is 1. The van der Waals surface area contributed by atoms with E-state index in [0.29, 0.717) is 17.6 Å². The van der Waals surface area contributed by atoms with Crippen LogP contribution in [0.25, 0.3) is 0 Å². The van der Waals surface area contributed by atoms with Crippen LogP contribution in [0.1, 0.15) is 24.5 Å². The van der Waals surface area contributed by atoms with Crippen molar-refractivity contribution in [3.63, 3.8) is 0 Å². The summed E-state index contributed by atoms with van der Waals surface area (Å²) >= 11 is 0. The van der Waals surface area contributed by atoms with Crippen molar-refractivity contribution in [2.75, 3.05) is 12.9 Å². The third kappa shape index (κ3) is 3.94. The first-order valence-electron chi connectivity index (χ1n) is 6.52. The Morgan fingerprint density at radius 3 is 2.68 bits per heavy atom. The molecule has 0 heterocycles. The van der Waals surface area contributed by atoms with E-state index in [4.69, 9.17) is 4.74 Å². The van der Waals surface area contributed by atoms with Gasteiger partial charge in [-0.05, 0) is 31.2 Å². The summed E-state index contributed by atoms with van der Waals surface area (Å²) < 4.78 is 31.8. The summed E-state index contributed by atoms with van der Waals surface area (Å²) in [6, 6.07) is 5.76. The van der Waals surface area contributed by atoms with Gasteiger partial charge >= 0.3 is 0 Å². The Labute approximate surface area is 115 Å². The zero-order valence-corrected chi connectivity index (χ0v) is 12.5. The molecule has 1 aromatic carbocycles. The molecular formula is C14H21NO3S. The average Bonchev–Trinajstić information content (AvgIpc) is 3.01. The summed E-state index contributed by atoms with van der Waals surface area (Å²) in [4.78, 5) is 0. The largest absolute Gasteiger partial charge is 0.496 e. The predicted octanol–water partition coefficient (Wildman–Crippen LogP) is 2.08. The Kier molecular flexibility index (Phi) is 4.16. The first kappa shape index (κ1) is 14.3. The van der Waals surface area contributed by atoms with Crippen molar-refractivity contribution in [3.05, 3.63) is 29.3 Å². The lowest BCUT2D eigenvalue weighted by Crippen LogP contribution is -2.27. The van der Waals surface area contributed by atoms with Gasteiger partial charge in [-0.15, -0.1) is 0 Å². The third-order valence-electron chi connectivity index (χ3n) is 3.63. The van der Waals surface area contributed by atoms with E-state index in [1.54, 1.807) is 7.11 Å². The minimum absolute atomic E-state index is 0.238. The summed E-state index contributed by atoms with van der Waals surface area (Å²) in [5, 5.41) is 0. The Hall–Kier alpha value is -1.07. The molecule has 0 saturated heterocycles. The van der Waals surface area contributed by atoms with Gasteiger partial charge in [0.05, 0.1) is 12.9 Å². The first-order chi connectivity index (χ1) is 8.91. The number of hydrogen-bond acceptors (Lipinski definition) is 3. The van der Waals surface area contributed by atoms with Gasteiger partial charge in [0, 0.05) is 12.1 Å². The van der Waals surface area contributed by atoms with Gasteiger partial charge in [-0.25, -0.2) is 13.1 Å². The highest BCUT2D eigenvalue weighted by Crippen LogP contribution is 2.38. The van der Waals surface area contributed by atoms with Crippen LogP contribution < -0.4 is 9.46 Å².